The van der Waals surface area contributed by atoms with Gasteiger partial charge in [0.25, 0.3) is 5.91 Å². The number of rotatable bonds is 4. The molecule has 0 bridgehead atoms. The minimum Gasteiger partial charge on any atom is -0.369 e. The molecule has 2 N–H and O–H groups in total. The van der Waals surface area contributed by atoms with E-state index in [-0.39, 0.29) is 11.5 Å². The second-order valence-electron chi connectivity index (χ2n) is 6.84. The van der Waals surface area contributed by atoms with Gasteiger partial charge in [-0.15, -0.1) is 11.3 Å². The Morgan fingerprint density at radius 3 is 3.08 bits per heavy atom. The van der Waals surface area contributed by atoms with Crippen LogP contribution in [0.25, 0.3) is 0 Å². The minimum absolute atomic E-state index is 0.0207. The lowest BCUT2D eigenvalue weighted by Crippen LogP contribution is -2.43. The predicted molar refractivity (Wildman–Crippen MR) is 97.0 cm³/mol. The molecule has 6 nitrogen and oxygen atoms in total. The zero-order valence-electron chi connectivity index (χ0n) is 14.5. The fourth-order valence-corrected chi connectivity index (χ4v) is 5.07. The van der Waals surface area contributed by atoms with Gasteiger partial charge in [-0.3, -0.25) is 9.48 Å². The number of thiophene rings is 1. The van der Waals surface area contributed by atoms with E-state index in [1.165, 1.54) is 10.4 Å². The van der Waals surface area contributed by atoms with Crippen LogP contribution in [-0.4, -0.2) is 41.9 Å². The topological polar surface area (TPSA) is 68.2 Å². The molecular formula is C18H24N4O2S. The third-order valence-corrected chi connectivity index (χ3v) is 6.43. The molecule has 1 fully saturated rings. The number of carbonyl (C=O) groups is 1. The maximum absolute atomic E-state index is 12.6. The first-order valence-corrected chi connectivity index (χ1v) is 9.71. The average molecular weight is 360 g/mol. The number of nitrogens with one attached hydrogen (secondary N) is 2. The van der Waals surface area contributed by atoms with Crippen molar-refractivity contribution < 1.29 is 9.53 Å². The Hall–Kier alpha value is -1.70. The Bertz CT molecular complexity index is 761. The normalized spacial score (nSPS) is 18.9. The van der Waals surface area contributed by atoms with E-state index in [0.717, 1.165) is 55.8 Å². The molecule has 1 amide bonds. The molecule has 0 aromatic carbocycles. The molecule has 1 saturated heterocycles. The van der Waals surface area contributed by atoms with E-state index in [1.54, 1.807) is 16.0 Å². The molecule has 0 radical (unpaired) electrons. The quantitative estimate of drug-likeness (QED) is 0.869. The van der Waals surface area contributed by atoms with Crippen molar-refractivity contribution in [1.82, 2.24) is 20.4 Å². The van der Waals surface area contributed by atoms with Gasteiger partial charge in [0.15, 0.2) is 0 Å². The van der Waals surface area contributed by atoms with Gasteiger partial charge in [-0.1, -0.05) is 0 Å². The van der Waals surface area contributed by atoms with Crippen molar-refractivity contribution in [3.8, 4) is 0 Å². The summed E-state index contributed by atoms with van der Waals surface area (Å²) in [5.41, 5.74) is 2.27. The molecule has 134 valence electrons. The van der Waals surface area contributed by atoms with Crippen molar-refractivity contribution >= 4 is 17.2 Å². The number of ether oxygens (including phenoxy) is 1. The number of nitrogens with zero attached hydrogens (tertiary/aromatic N) is 2. The molecule has 2 aliphatic heterocycles. The molecule has 2 aromatic heterocycles. The van der Waals surface area contributed by atoms with Gasteiger partial charge in [0.1, 0.15) is 5.60 Å². The minimum atomic E-state index is -0.169. The van der Waals surface area contributed by atoms with Crippen LogP contribution < -0.4 is 10.6 Å². The van der Waals surface area contributed by atoms with Crippen LogP contribution in [0.2, 0.25) is 0 Å². The van der Waals surface area contributed by atoms with Crippen LogP contribution in [0.4, 0.5) is 0 Å². The number of fused-ring (bicyclic) bond motifs is 2. The van der Waals surface area contributed by atoms with E-state index in [2.05, 4.69) is 21.8 Å². The van der Waals surface area contributed by atoms with Gasteiger partial charge in [-0.05, 0) is 56.0 Å². The molecule has 0 aliphatic carbocycles. The molecule has 2 aliphatic rings. The third kappa shape index (κ3) is 3.36. The summed E-state index contributed by atoms with van der Waals surface area (Å²) in [5, 5.41) is 10.6. The number of hydrogen-bond donors (Lipinski definition) is 2. The van der Waals surface area contributed by atoms with Gasteiger partial charge in [-0.2, -0.15) is 5.10 Å². The van der Waals surface area contributed by atoms with Gasteiger partial charge < -0.3 is 15.4 Å². The van der Waals surface area contributed by atoms with Gasteiger partial charge in [0.2, 0.25) is 0 Å². The number of hydrogen-bond acceptors (Lipinski definition) is 5. The number of carbonyl (C=O) groups excluding carboxylic acids is 1. The lowest BCUT2D eigenvalue weighted by molar-refractivity contribution is -0.0771. The molecule has 0 saturated carbocycles. The summed E-state index contributed by atoms with van der Waals surface area (Å²) in [4.78, 5) is 14.6. The van der Waals surface area contributed by atoms with Crippen molar-refractivity contribution in [1.29, 1.82) is 0 Å². The molecule has 25 heavy (non-hydrogen) atoms. The van der Waals surface area contributed by atoms with Crippen molar-refractivity contribution in [2.45, 2.75) is 31.3 Å². The van der Waals surface area contributed by atoms with Gasteiger partial charge in [0.05, 0.1) is 17.7 Å². The number of amides is 1. The summed E-state index contributed by atoms with van der Waals surface area (Å²) < 4.78 is 7.98. The van der Waals surface area contributed by atoms with Crippen LogP contribution in [0.1, 0.15) is 38.5 Å². The van der Waals surface area contributed by atoms with Gasteiger partial charge >= 0.3 is 0 Å². The van der Waals surface area contributed by atoms with Gasteiger partial charge in [0, 0.05) is 24.7 Å². The number of aromatic nitrogens is 2. The van der Waals surface area contributed by atoms with Crippen LogP contribution in [-0.2, 0) is 30.2 Å². The van der Waals surface area contributed by atoms with Gasteiger partial charge in [-0.25, -0.2) is 0 Å². The summed E-state index contributed by atoms with van der Waals surface area (Å²) in [6.45, 7) is 3.33. The van der Waals surface area contributed by atoms with Crippen molar-refractivity contribution in [3.05, 3.63) is 39.3 Å². The first-order valence-electron chi connectivity index (χ1n) is 8.90. The van der Waals surface area contributed by atoms with Crippen LogP contribution in [0.5, 0.6) is 0 Å². The van der Waals surface area contributed by atoms with E-state index in [0.29, 0.717) is 6.54 Å². The summed E-state index contributed by atoms with van der Waals surface area (Å²) in [6, 6.07) is 2.08. The molecule has 2 aromatic rings. The summed E-state index contributed by atoms with van der Waals surface area (Å²) in [7, 11) is 1.90. The Morgan fingerprint density at radius 1 is 1.48 bits per heavy atom. The summed E-state index contributed by atoms with van der Waals surface area (Å²) in [6.07, 6.45) is 7.50. The molecule has 0 atom stereocenters. The van der Waals surface area contributed by atoms with E-state index in [1.807, 2.05) is 19.4 Å². The SMILES string of the molecule is Cn1cc(CCNC(=O)c2cc3c(s2)C2(CCNCC2)OCC3)cn1. The second-order valence-corrected chi connectivity index (χ2v) is 7.89. The standard InChI is InChI=1S/C18H24N4O2S/c1-22-12-13(11-21-22)2-6-20-17(23)15-10-14-3-9-24-18(16(14)25-15)4-7-19-8-5-18/h10-12,19H,2-9H2,1H3,(H,20,23). The molecule has 1 spiro atoms. The maximum atomic E-state index is 12.6. The van der Waals surface area contributed by atoms with E-state index in [9.17, 15) is 4.79 Å². The largest absolute Gasteiger partial charge is 0.369 e. The first kappa shape index (κ1) is 16.8. The van der Waals surface area contributed by atoms with Crippen LogP contribution in [0, 0.1) is 0 Å². The summed E-state index contributed by atoms with van der Waals surface area (Å²) in [5.74, 6) is 0.0207. The molecule has 4 heterocycles. The fraction of sp³-hybridized carbons (Fsp3) is 0.556. The molecule has 4 rings (SSSR count). The second kappa shape index (κ2) is 6.90. The van der Waals surface area contributed by atoms with E-state index >= 15 is 0 Å². The Kier molecular flexibility index (Phi) is 4.62. The van der Waals surface area contributed by atoms with E-state index < -0.39 is 0 Å². The zero-order chi connectivity index (χ0) is 17.3. The smallest absolute Gasteiger partial charge is 0.261 e. The van der Waals surface area contributed by atoms with E-state index in [4.69, 9.17) is 4.74 Å². The molecule has 0 unspecified atom stereocenters. The fourth-order valence-electron chi connectivity index (χ4n) is 3.74. The highest BCUT2D eigenvalue weighted by molar-refractivity contribution is 7.14. The third-order valence-electron chi connectivity index (χ3n) is 5.07. The Balaban J connectivity index is 1.43. The number of aryl methyl sites for hydroxylation is 1. The monoisotopic (exact) mass is 360 g/mol. The predicted octanol–water partition coefficient (Wildman–Crippen LogP) is 1.61. The highest BCUT2D eigenvalue weighted by atomic mass is 32.1. The van der Waals surface area contributed by atoms with Crippen molar-refractivity contribution in [3.63, 3.8) is 0 Å². The highest BCUT2D eigenvalue weighted by Gasteiger charge is 2.41. The van der Waals surface area contributed by atoms with Crippen LogP contribution in [0.15, 0.2) is 18.5 Å². The lowest BCUT2D eigenvalue weighted by atomic mass is 9.86. The zero-order valence-corrected chi connectivity index (χ0v) is 15.3. The Labute approximate surface area is 151 Å². The molecule has 7 heteroatoms. The molecular weight excluding hydrogens is 336 g/mol. The van der Waals surface area contributed by atoms with Crippen molar-refractivity contribution in [2.75, 3.05) is 26.2 Å². The van der Waals surface area contributed by atoms with Crippen LogP contribution in [0.3, 0.4) is 0 Å². The van der Waals surface area contributed by atoms with Crippen molar-refractivity contribution in [2.24, 2.45) is 7.05 Å². The summed E-state index contributed by atoms with van der Waals surface area (Å²) >= 11 is 1.62. The first-order chi connectivity index (χ1) is 12.2. The lowest BCUT2D eigenvalue weighted by Gasteiger charge is -2.40. The Morgan fingerprint density at radius 2 is 2.32 bits per heavy atom. The average Bonchev–Trinajstić information content (AvgIpc) is 3.23. The maximum Gasteiger partial charge on any atom is 0.261 e. The highest BCUT2D eigenvalue weighted by Crippen LogP contribution is 2.44. The number of piperidine rings is 1. The van der Waals surface area contributed by atoms with Crippen LogP contribution >= 0.6 is 11.3 Å².